The van der Waals surface area contributed by atoms with Crippen molar-refractivity contribution in [2.45, 2.75) is 13.0 Å². The third-order valence-electron chi connectivity index (χ3n) is 2.79. The van der Waals surface area contributed by atoms with Crippen LogP contribution in [-0.4, -0.2) is 0 Å². The molecule has 2 rings (SSSR count). The van der Waals surface area contributed by atoms with E-state index < -0.39 is 29.3 Å². The van der Waals surface area contributed by atoms with Crippen molar-refractivity contribution in [1.29, 1.82) is 0 Å². The predicted molar refractivity (Wildman–Crippen MR) is 72.5 cm³/mol. The average Bonchev–Trinajstić information content (AvgIpc) is 2.35. The highest BCUT2D eigenvalue weighted by molar-refractivity contribution is 9.10. The predicted octanol–water partition coefficient (Wildman–Crippen LogP) is 5.18. The van der Waals surface area contributed by atoms with Crippen LogP contribution in [0, 0.1) is 23.3 Å². The number of anilines is 1. The zero-order valence-corrected chi connectivity index (χ0v) is 11.9. The van der Waals surface area contributed by atoms with Crippen molar-refractivity contribution in [3.8, 4) is 0 Å². The Hall–Kier alpha value is -1.56. The van der Waals surface area contributed by atoms with Crippen molar-refractivity contribution in [2.24, 2.45) is 0 Å². The second-order valence-electron chi connectivity index (χ2n) is 4.28. The molecule has 0 amide bonds. The summed E-state index contributed by atoms with van der Waals surface area (Å²) in [7, 11) is 0. The van der Waals surface area contributed by atoms with Gasteiger partial charge in [0.1, 0.15) is 11.6 Å². The van der Waals surface area contributed by atoms with Crippen LogP contribution < -0.4 is 5.32 Å². The normalized spacial score (nSPS) is 12.3. The minimum atomic E-state index is -1.27. The zero-order chi connectivity index (χ0) is 14.9. The van der Waals surface area contributed by atoms with Crippen LogP contribution >= 0.6 is 15.9 Å². The van der Waals surface area contributed by atoms with Gasteiger partial charge in [-0.15, -0.1) is 0 Å². The maximum absolute atomic E-state index is 13.5. The van der Waals surface area contributed by atoms with Crippen LogP contribution in [0.5, 0.6) is 0 Å². The van der Waals surface area contributed by atoms with Gasteiger partial charge in [-0.1, -0.05) is 22.0 Å². The summed E-state index contributed by atoms with van der Waals surface area (Å²) in [5.41, 5.74) is 0.349. The SMILES string of the molecule is CC(Nc1cc(F)cc(F)c1F)c1ccc(F)cc1Br. The van der Waals surface area contributed by atoms with Gasteiger partial charge in [0, 0.05) is 22.6 Å². The molecule has 0 saturated heterocycles. The van der Waals surface area contributed by atoms with Gasteiger partial charge in [-0.05, 0) is 24.6 Å². The summed E-state index contributed by atoms with van der Waals surface area (Å²) in [5.74, 6) is -3.72. The van der Waals surface area contributed by atoms with E-state index in [-0.39, 0.29) is 5.69 Å². The Kier molecular flexibility index (Phi) is 4.32. The Morgan fingerprint density at radius 2 is 1.70 bits per heavy atom. The third kappa shape index (κ3) is 3.12. The fraction of sp³-hybridized carbons (Fsp3) is 0.143. The number of benzene rings is 2. The number of rotatable bonds is 3. The van der Waals surface area contributed by atoms with E-state index in [4.69, 9.17) is 0 Å². The molecule has 2 aromatic rings. The first-order chi connectivity index (χ1) is 9.38. The molecule has 20 heavy (non-hydrogen) atoms. The molecule has 1 atom stereocenters. The molecule has 0 spiro atoms. The van der Waals surface area contributed by atoms with E-state index in [1.165, 1.54) is 18.2 Å². The molecule has 1 N–H and O–H groups in total. The highest BCUT2D eigenvalue weighted by Crippen LogP contribution is 2.29. The van der Waals surface area contributed by atoms with Crippen LogP contribution in [0.15, 0.2) is 34.8 Å². The van der Waals surface area contributed by atoms with Gasteiger partial charge in [0.2, 0.25) is 0 Å². The second kappa shape index (κ2) is 5.83. The minimum Gasteiger partial charge on any atom is -0.376 e. The highest BCUT2D eigenvalue weighted by Gasteiger charge is 2.15. The van der Waals surface area contributed by atoms with E-state index in [0.29, 0.717) is 16.1 Å². The van der Waals surface area contributed by atoms with Gasteiger partial charge in [-0.3, -0.25) is 0 Å². The van der Waals surface area contributed by atoms with Crippen molar-refractivity contribution in [3.05, 3.63) is 63.6 Å². The molecule has 0 radical (unpaired) electrons. The summed E-state index contributed by atoms with van der Waals surface area (Å²) in [6.07, 6.45) is 0. The van der Waals surface area contributed by atoms with E-state index >= 15 is 0 Å². The molecule has 0 aliphatic carbocycles. The summed E-state index contributed by atoms with van der Waals surface area (Å²) in [5, 5.41) is 2.66. The van der Waals surface area contributed by atoms with E-state index in [0.717, 1.165) is 6.07 Å². The lowest BCUT2D eigenvalue weighted by Gasteiger charge is -2.18. The van der Waals surface area contributed by atoms with Gasteiger partial charge in [-0.25, -0.2) is 17.6 Å². The quantitative estimate of drug-likeness (QED) is 0.595. The van der Waals surface area contributed by atoms with E-state index in [1.807, 2.05) is 0 Å². The van der Waals surface area contributed by atoms with Gasteiger partial charge in [0.05, 0.1) is 5.69 Å². The van der Waals surface area contributed by atoms with Crippen LogP contribution in [0.2, 0.25) is 0 Å². The molecule has 0 aromatic heterocycles. The number of nitrogens with one attached hydrogen (secondary N) is 1. The van der Waals surface area contributed by atoms with Gasteiger partial charge < -0.3 is 5.32 Å². The van der Waals surface area contributed by atoms with Gasteiger partial charge >= 0.3 is 0 Å². The molecule has 106 valence electrons. The fourth-order valence-corrected chi connectivity index (χ4v) is 2.52. The lowest BCUT2D eigenvalue weighted by molar-refractivity contribution is 0.496. The largest absolute Gasteiger partial charge is 0.376 e. The Bertz CT molecular complexity index is 645. The lowest BCUT2D eigenvalue weighted by Crippen LogP contribution is -2.10. The van der Waals surface area contributed by atoms with E-state index in [1.54, 1.807) is 6.92 Å². The molecule has 0 heterocycles. The van der Waals surface area contributed by atoms with Crippen LogP contribution in [-0.2, 0) is 0 Å². The zero-order valence-electron chi connectivity index (χ0n) is 10.4. The number of hydrogen-bond acceptors (Lipinski definition) is 1. The first-order valence-corrected chi connectivity index (χ1v) is 6.54. The van der Waals surface area contributed by atoms with Crippen LogP contribution in [0.3, 0.4) is 0 Å². The van der Waals surface area contributed by atoms with E-state index in [9.17, 15) is 17.6 Å². The molecule has 6 heteroatoms. The summed E-state index contributed by atoms with van der Waals surface area (Å²) >= 11 is 3.19. The molecule has 0 saturated carbocycles. The van der Waals surface area contributed by atoms with Crippen molar-refractivity contribution in [1.82, 2.24) is 0 Å². The monoisotopic (exact) mass is 347 g/mol. The summed E-state index contributed by atoms with van der Waals surface area (Å²) in [4.78, 5) is 0. The van der Waals surface area contributed by atoms with Gasteiger partial charge in [-0.2, -0.15) is 0 Å². The van der Waals surface area contributed by atoms with E-state index in [2.05, 4.69) is 21.2 Å². The molecule has 0 fully saturated rings. The molecule has 2 aromatic carbocycles. The molecular weight excluding hydrogens is 338 g/mol. The fourth-order valence-electron chi connectivity index (χ4n) is 1.82. The summed E-state index contributed by atoms with van der Waals surface area (Å²) < 4.78 is 53.2. The Balaban J connectivity index is 2.30. The van der Waals surface area contributed by atoms with Crippen LogP contribution in [0.25, 0.3) is 0 Å². The van der Waals surface area contributed by atoms with Crippen molar-refractivity contribution < 1.29 is 17.6 Å². The van der Waals surface area contributed by atoms with Crippen LogP contribution in [0.4, 0.5) is 23.2 Å². The third-order valence-corrected chi connectivity index (χ3v) is 3.48. The summed E-state index contributed by atoms with van der Waals surface area (Å²) in [6.45, 7) is 1.67. The lowest BCUT2D eigenvalue weighted by atomic mass is 10.1. The molecule has 1 nitrogen and oxygen atoms in total. The van der Waals surface area contributed by atoms with Crippen molar-refractivity contribution >= 4 is 21.6 Å². The van der Waals surface area contributed by atoms with Crippen molar-refractivity contribution in [2.75, 3.05) is 5.32 Å². The van der Waals surface area contributed by atoms with Gasteiger partial charge in [0.25, 0.3) is 0 Å². The van der Waals surface area contributed by atoms with Gasteiger partial charge in [0.15, 0.2) is 11.6 Å². The maximum Gasteiger partial charge on any atom is 0.182 e. The molecule has 0 bridgehead atoms. The van der Waals surface area contributed by atoms with Crippen LogP contribution in [0.1, 0.15) is 18.5 Å². The molecule has 1 unspecified atom stereocenters. The smallest absolute Gasteiger partial charge is 0.182 e. The first kappa shape index (κ1) is 14.8. The Morgan fingerprint density at radius 3 is 2.35 bits per heavy atom. The second-order valence-corrected chi connectivity index (χ2v) is 5.14. The Labute approximate surface area is 121 Å². The molecule has 0 aliphatic rings. The standard InChI is InChI=1S/C14H10BrF4N/c1-7(10-3-2-8(16)4-11(10)15)20-13-6-9(17)5-12(18)14(13)19/h2-7,20H,1H3. The summed E-state index contributed by atoms with van der Waals surface area (Å²) in [6, 6.07) is 4.88. The molecular formula is C14H10BrF4N. The minimum absolute atomic E-state index is 0.286. The highest BCUT2D eigenvalue weighted by atomic mass is 79.9. The maximum atomic E-state index is 13.5. The average molecular weight is 348 g/mol. The van der Waals surface area contributed by atoms with Crippen molar-refractivity contribution in [3.63, 3.8) is 0 Å². The number of halogens is 5. The Morgan fingerprint density at radius 1 is 1.00 bits per heavy atom. The first-order valence-electron chi connectivity index (χ1n) is 5.74. The topological polar surface area (TPSA) is 12.0 Å². The molecule has 0 aliphatic heterocycles. The number of hydrogen-bond donors (Lipinski definition) is 1.